The normalized spacial score (nSPS) is 13.3. The highest BCUT2D eigenvalue weighted by Gasteiger charge is 2.36. The summed E-state index contributed by atoms with van der Waals surface area (Å²) in [5, 5.41) is 26.9. The molecule has 1 heterocycles. The first-order valence-electron chi connectivity index (χ1n) is 13.2. The minimum atomic E-state index is -4.88. The van der Waals surface area contributed by atoms with Crippen molar-refractivity contribution < 1.29 is 41.9 Å². The second-order valence-electron chi connectivity index (χ2n) is 9.86. The lowest BCUT2D eigenvalue weighted by Gasteiger charge is -2.13. The molecule has 44 heavy (non-hydrogen) atoms. The molecule has 0 atom stereocenters. The molecule has 1 aliphatic rings. The number of hydrogen-bond acceptors (Lipinski definition) is 8. The topological polar surface area (TPSA) is 127 Å². The molecule has 1 aliphatic carbocycles. The number of aromatic carboxylic acids is 1. The van der Waals surface area contributed by atoms with Crippen molar-refractivity contribution >= 4 is 23.3 Å². The van der Waals surface area contributed by atoms with Crippen LogP contribution in [0.3, 0.4) is 0 Å². The van der Waals surface area contributed by atoms with Gasteiger partial charge in [0.25, 0.3) is 0 Å². The minimum Gasteiger partial charge on any atom is -0.489 e. The SMILES string of the molecule is C/C(=N\OCc1cc(C(=O)O)ccc1C#N)c1ccc(OCc2c(-c3ccccc3OC(F)(F)F)noc2C2CC2)cc1Cl. The maximum Gasteiger partial charge on any atom is 0.573 e. The van der Waals surface area contributed by atoms with Gasteiger partial charge in [-0.05, 0) is 68.3 Å². The van der Waals surface area contributed by atoms with Crippen LogP contribution in [0.2, 0.25) is 5.02 Å². The number of carboxylic acids is 1. The number of para-hydroxylation sites is 1. The lowest BCUT2D eigenvalue weighted by atomic mass is 10.0. The number of nitriles is 1. The summed E-state index contributed by atoms with van der Waals surface area (Å²) < 4.78 is 54.9. The fourth-order valence-electron chi connectivity index (χ4n) is 4.45. The zero-order valence-electron chi connectivity index (χ0n) is 23.0. The van der Waals surface area contributed by atoms with Crippen molar-refractivity contribution in [3.63, 3.8) is 0 Å². The Morgan fingerprint density at radius 1 is 1.16 bits per heavy atom. The summed E-state index contributed by atoms with van der Waals surface area (Å²) in [4.78, 5) is 16.6. The Bertz CT molecular complexity index is 1780. The summed E-state index contributed by atoms with van der Waals surface area (Å²) >= 11 is 6.51. The standard InChI is InChI=1S/C31H23ClF3N3O6/c1-17(37-42-15-21-12-19(30(39)40)8-9-20(21)14-36)23-11-10-22(13-26(23)32)41-16-25-28(38-44-29(25)18-6-7-18)24-4-2-3-5-27(24)43-31(33,34)35/h2-5,8-13,18H,6-7,15-16H2,1H3,(H,39,40)/b37-17+. The predicted molar refractivity (Wildman–Crippen MR) is 151 cm³/mol. The Kier molecular flexibility index (Phi) is 8.78. The van der Waals surface area contributed by atoms with Gasteiger partial charge in [0.2, 0.25) is 0 Å². The molecule has 1 aromatic heterocycles. The van der Waals surface area contributed by atoms with E-state index in [0.29, 0.717) is 33.9 Å². The fourth-order valence-corrected chi connectivity index (χ4v) is 4.76. The first-order valence-corrected chi connectivity index (χ1v) is 13.6. The van der Waals surface area contributed by atoms with E-state index in [0.717, 1.165) is 12.8 Å². The lowest BCUT2D eigenvalue weighted by molar-refractivity contribution is -0.274. The lowest BCUT2D eigenvalue weighted by Crippen LogP contribution is -2.17. The van der Waals surface area contributed by atoms with Crippen LogP contribution >= 0.6 is 11.6 Å². The van der Waals surface area contributed by atoms with Crippen LogP contribution in [-0.2, 0) is 18.1 Å². The summed E-state index contributed by atoms with van der Waals surface area (Å²) in [6.45, 7) is 1.47. The molecule has 0 bridgehead atoms. The Hall–Kier alpha value is -5.02. The Balaban J connectivity index is 1.31. The largest absolute Gasteiger partial charge is 0.573 e. The van der Waals surface area contributed by atoms with Gasteiger partial charge in [-0.3, -0.25) is 0 Å². The summed E-state index contributed by atoms with van der Waals surface area (Å²) in [5.74, 6) is -0.497. The smallest absolute Gasteiger partial charge is 0.489 e. The van der Waals surface area contributed by atoms with E-state index in [2.05, 4.69) is 15.0 Å². The molecule has 0 spiro atoms. The zero-order valence-corrected chi connectivity index (χ0v) is 23.8. The monoisotopic (exact) mass is 625 g/mol. The molecule has 9 nitrogen and oxygen atoms in total. The fraction of sp³-hybridized carbons (Fsp3) is 0.226. The van der Waals surface area contributed by atoms with E-state index in [1.165, 1.54) is 36.4 Å². The molecule has 0 saturated heterocycles. The molecule has 4 aromatic rings. The molecular formula is C31H23ClF3N3O6. The first kappa shape index (κ1) is 30.4. The maximum atomic E-state index is 13.0. The van der Waals surface area contributed by atoms with Gasteiger partial charge in [0.1, 0.15) is 36.2 Å². The molecule has 1 saturated carbocycles. The number of alkyl halides is 3. The predicted octanol–water partition coefficient (Wildman–Crippen LogP) is 7.86. The zero-order chi connectivity index (χ0) is 31.4. The van der Waals surface area contributed by atoms with Gasteiger partial charge in [-0.2, -0.15) is 5.26 Å². The Morgan fingerprint density at radius 2 is 1.93 bits per heavy atom. The highest BCUT2D eigenvalue weighted by molar-refractivity contribution is 6.34. The second-order valence-corrected chi connectivity index (χ2v) is 10.3. The van der Waals surface area contributed by atoms with Crippen LogP contribution in [0.15, 0.2) is 70.3 Å². The first-order chi connectivity index (χ1) is 21.0. The number of hydrogen-bond donors (Lipinski definition) is 1. The van der Waals surface area contributed by atoms with Gasteiger partial charge in [-0.15, -0.1) is 13.2 Å². The molecule has 0 amide bonds. The van der Waals surface area contributed by atoms with Crippen LogP contribution in [0.1, 0.15) is 64.1 Å². The van der Waals surface area contributed by atoms with E-state index < -0.39 is 18.1 Å². The number of ether oxygens (including phenoxy) is 2. The summed E-state index contributed by atoms with van der Waals surface area (Å²) in [6.07, 6.45) is -3.15. The Labute approximate surface area is 254 Å². The van der Waals surface area contributed by atoms with Crippen LogP contribution in [-0.4, -0.2) is 28.3 Å². The molecule has 1 fully saturated rings. The van der Waals surface area contributed by atoms with E-state index in [9.17, 15) is 28.3 Å². The highest BCUT2D eigenvalue weighted by Crippen LogP contribution is 2.45. The van der Waals surface area contributed by atoms with E-state index in [4.69, 9.17) is 25.7 Å². The average molecular weight is 626 g/mol. The quantitative estimate of drug-likeness (QED) is 0.132. The molecule has 226 valence electrons. The van der Waals surface area contributed by atoms with Gasteiger partial charge in [-0.1, -0.05) is 34.0 Å². The molecule has 1 N–H and O–H groups in total. The van der Waals surface area contributed by atoms with Crippen LogP contribution in [0.25, 0.3) is 11.3 Å². The number of aromatic nitrogens is 1. The van der Waals surface area contributed by atoms with Gasteiger partial charge >= 0.3 is 12.3 Å². The van der Waals surface area contributed by atoms with Crippen LogP contribution in [0, 0.1) is 11.3 Å². The van der Waals surface area contributed by atoms with Crippen LogP contribution in [0.5, 0.6) is 11.5 Å². The molecule has 3 aromatic carbocycles. The molecule has 5 rings (SSSR count). The number of benzene rings is 3. The molecular weight excluding hydrogens is 603 g/mol. The summed E-state index contributed by atoms with van der Waals surface area (Å²) in [5.41, 5.74) is 2.42. The molecule has 0 radical (unpaired) electrons. The number of carbonyl (C=O) groups is 1. The summed E-state index contributed by atoms with van der Waals surface area (Å²) in [6, 6.07) is 16.6. The Morgan fingerprint density at radius 3 is 2.61 bits per heavy atom. The van der Waals surface area contributed by atoms with Gasteiger partial charge < -0.3 is 23.9 Å². The molecule has 0 unspecified atom stereocenters. The third-order valence-corrected chi connectivity index (χ3v) is 7.05. The van der Waals surface area contributed by atoms with Crippen LogP contribution < -0.4 is 9.47 Å². The molecule has 13 heteroatoms. The van der Waals surface area contributed by atoms with E-state index >= 15 is 0 Å². The third kappa shape index (κ3) is 7.12. The van der Waals surface area contributed by atoms with Crippen LogP contribution in [0.4, 0.5) is 13.2 Å². The highest BCUT2D eigenvalue weighted by atomic mass is 35.5. The second kappa shape index (κ2) is 12.7. The third-order valence-electron chi connectivity index (χ3n) is 6.74. The number of nitrogens with zero attached hydrogens (tertiary/aromatic N) is 3. The summed E-state index contributed by atoms with van der Waals surface area (Å²) in [7, 11) is 0. The van der Waals surface area contributed by atoms with E-state index in [1.807, 2.05) is 6.07 Å². The van der Waals surface area contributed by atoms with E-state index in [-0.39, 0.29) is 46.5 Å². The maximum absolute atomic E-state index is 13.0. The van der Waals surface area contributed by atoms with Crippen molar-refractivity contribution in [2.75, 3.05) is 0 Å². The van der Waals surface area contributed by atoms with Crippen molar-refractivity contribution in [1.82, 2.24) is 5.16 Å². The van der Waals surface area contributed by atoms with Crippen molar-refractivity contribution in [2.24, 2.45) is 5.16 Å². The van der Waals surface area contributed by atoms with Gasteiger partial charge in [0.15, 0.2) is 0 Å². The minimum absolute atomic E-state index is 0.0170. The number of oxime groups is 1. The number of halogens is 4. The van der Waals surface area contributed by atoms with Crippen molar-refractivity contribution in [2.45, 2.75) is 45.3 Å². The van der Waals surface area contributed by atoms with Crippen molar-refractivity contribution in [3.8, 4) is 28.8 Å². The average Bonchev–Trinajstić information content (AvgIpc) is 3.74. The van der Waals surface area contributed by atoms with Crippen molar-refractivity contribution in [3.05, 3.63) is 99.3 Å². The molecule has 0 aliphatic heterocycles. The number of rotatable bonds is 11. The van der Waals surface area contributed by atoms with E-state index in [1.54, 1.807) is 31.2 Å². The number of carboxylic acid groups (broad SMARTS) is 1. The van der Waals surface area contributed by atoms with Gasteiger partial charge in [-0.25, -0.2) is 4.79 Å². The van der Waals surface area contributed by atoms with Gasteiger partial charge in [0.05, 0.1) is 33.5 Å². The van der Waals surface area contributed by atoms with Gasteiger partial charge in [0, 0.05) is 22.6 Å². The van der Waals surface area contributed by atoms with Crippen molar-refractivity contribution in [1.29, 1.82) is 5.26 Å².